The maximum Gasteiger partial charge on any atom is 0.265 e. The highest BCUT2D eigenvalue weighted by Gasteiger charge is 2.22. The molecule has 3 rings (SSSR count). The van der Waals surface area contributed by atoms with Crippen LogP contribution in [0, 0.1) is 6.92 Å². The van der Waals surface area contributed by atoms with Gasteiger partial charge < -0.3 is 10.2 Å². The molecular weight excluding hydrogens is 368 g/mol. The smallest absolute Gasteiger partial charge is 0.265 e. The van der Waals surface area contributed by atoms with Crippen LogP contribution in [-0.4, -0.2) is 29.8 Å². The molecule has 0 radical (unpaired) electrons. The summed E-state index contributed by atoms with van der Waals surface area (Å²) in [5.74, 6) is -0.249. The number of aryl methyl sites for hydroxylation is 2. The lowest BCUT2D eigenvalue weighted by molar-refractivity contribution is 0.0725. The topological polar surface area (TPSA) is 49.4 Å². The van der Waals surface area contributed by atoms with E-state index in [-0.39, 0.29) is 11.8 Å². The molecule has 1 saturated heterocycles. The van der Waals surface area contributed by atoms with Gasteiger partial charge >= 0.3 is 0 Å². The van der Waals surface area contributed by atoms with Crippen molar-refractivity contribution in [2.24, 2.45) is 0 Å². The van der Waals surface area contributed by atoms with Crippen LogP contribution in [0.5, 0.6) is 0 Å². The van der Waals surface area contributed by atoms with Gasteiger partial charge in [-0.05, 0) is 62.4 Å². The molecule has 2 heterocycles. The Kier molecular flexibility index (Phi) is 5.99. The van der Waals surface area contributed by atoms with E-state index in [0.717, 1.165) is 43.6 Å². The highest BCUT2D eigenvalue weighted by Crippen LogP contribution is 2.27. The third-order valence-electron chi connectivity index (χ3n) is 4.73. The fourth-order valence-electron chi connectivity index (χ4n) is 3.24. The predicted molar refractivity (Wildman–Crippen MR) is 108 cm³/mol. The molecule has 138 valence electrons. The van der Waals surface area contributed by atoms with Gasteiger partial charge in [-0.15, -0.1) is 11.3 Å². The minimum absolute atomic E-state index is 0.0479. The first-order chi connectivity index (χ1) is 12.5. The number of carbonyl (C=O) groups is 2. The first-order valence-corrected chi connectivity index (χ1v) is 10.2. The summed E-state index contributed by atoms with van der Waals surface area (Å²) in [6, 6.07) is 6.97. The van der Waals surface area contributed by atoms with Crippen LogP contribution in [-0.2, 0) is 6.42 Å². The van der Waals surface area contributed by atoms with Gasteiger partial charge in [0.2, 0.25) is 0 Å². The summed E-state index contributed by atoms with van der Waals surface area (Å²) < 4.78 is 0. The van der Waals surface area contributed by atoms with E-state index in [1.54, 1.807) is 18.2 Å². The van der Waals surface area contributed by atoms with Crippen LogP contribution >= 0.6 is 22.9 Å². The van der Waals surface area contributed by atoms with Crippen molar-refractivity contribution in [3.63, 3.8) is 0 Å². The van der Waals surface area contributed by atoms with Crippen LogP contribution < -0.4 is 5.32 Å². The maximum absolute atomic E-state index is 12.9. The van der Waals surface area contributed by atoms with Crippen molar-refractivity contribution in [1.82, 2.24) is 4.90 Å². The van der Waals surface area contributed by atoms with Crippen molar-refractivity contribution in [2.45, 2.75) is 39.5 Å². The number of halogens is 1. The highest BCUT2D eigenvalue weighted by atomic mass is 35.5. The molecule has 1 aliphatic heterocycles. The van der Waals surface area contributed by atoms with E-state index in [0.29, 0.717) is 21.2 Å². The van der Waals surface area contributed by atoms with E-state index in [4.69, 9.17) is 11.6 Å². The van der Waals surface area contributed by atoms with E-state index in [9.17, 15) is 9.59 Å². The van der Waals surface area contributed by atoms with Gasteiger partial charge in [-0.2, -0.15) is 0 Å². The minimum atomic E-state index is -0.201. The molecule has 0 unspecified atom stereocenters. The average Bonchev–Trinajstić information content (AvgIpc) is 3.03. The molecular formula is C20H23ClN2O2S. The largest absolute Gasteiger partial charge is 0.339 e. The van der Waals surface area contributed by atoms with Gasteiger partial charge in [-0.3, -0.25) is 9.59 Å². The number of carbonyl (C=O) groups excluding carboxylic acids is 2. The molecule has 0 atom stereocenters. The second-order valence-corrected chi connectivity index (χ2v) is 8.24. The number of piperidine rings is 1. The lowest BCUT2D eigenvalue weighted by Crippen LogP contribution is -2.36. The molecule has 0 bridgehead atoms. The van der Waals surface area contributed by atoms with Crippen molar-refractivity contribution in [1.29, 1.82) is 0 Å². The third kappa shape index (κ3) is 4.10. The molecule has 2 amide bonds. The Bertz CT molecular complexity index is 825. The summed E-state index contributed by atoms with van der Waals surface area (Å²) in [6.45, 7) is 5.62. The molecule has 4 nitrogen and oxygen atoms in total. The van der Waals surface area contributed by atoms with Crippen LogP contribution in [0.1, 0.15) is 56.7 Å². The number of benzene rings is 1. The normalized spacial score (nSPS) is 14.3. The number of hydrogen-bond donors (Lipinski definition) is 1. The molecule has 1 aromatic heterocycles. The van der Waals surface area contributed by atoms with Crippen molar-refractivity contribution < 1.29 is 9.59 Å². The fraction of sp³-hybridized carbons (Fsp3) is 0.400. The van der Waals surface area contributed by atoms with Gasteiger partial charge in [-0.1, -0.05) is 18.5 Å². The Morgan fingerprint density at radius 3 is 2.58 bits per heavy atom. The number of hydrogen-bond acceptors (Lipinski definition) is 3. The number of nitrogens with one attached hydrogen (secondary N) is 1. The molecule has 0 spiro atoms. The highest BCUT2D eigenvalue weighted by molar-refractivity contribution is 7.14. The first-order valence-electron chi connectivity index (χ1n) is 8.99. The first kappa shape index (κ1) is 18.9. The Hall–Kier alpha value is -1.85. The zero-order chi connectivity index (χ0) is 18.7. The Morgan fingerprint density at radius 2 is 1.92 bits per heavy atom. The maximum atomic E-state index is 12.9. The Labute approximate surface area is 163 Å². The number of thiophene rings is 1. The van der Waals surface area contributed by atoms with Crippen molar-refractivity contribution >= 4 is 40.4 Å². The van der Waals surface area contributed by atoms with Crippen molar-refractivity contribution in [3.8, 4) is 0 Å². The Balaban J connectivity index is 1.85. The SMILES string of the molecule is CCc1cc(C(=O)Nc2cc(Cl)ccc2C(=O)N2CCCCC2)sc1C. The molecule has 1 fully saturated rings. The van der Waals surface area contributed by atoms with Gasteiger partial charge in [0.15, 0.2) is 0 Å². The van der Waals surface area contributed by atoms with Gasteiger partial charge in [0.1, 0.15) is 0 Å². The summed E-state index contributed by atoms with van der Waals surface area (Å²) in [4.78, 5) is 29.2. The molecule has 0 saturated carbocycles. The minimum Gasteiger partial charge on any atom is -0.339 e. The standard InChI is InChI=1S/C20H23ClN2O2S/c1-3-14-11-18(26-13(14)2)19(24)22-17-12-15(21)7-8-16(17)20(25)23-9-5-4-6-10-23/h7-8,11-12H,3-6,9-10H2,1-2H3,(H,22,24). The van der Waals surface area contributed by atoms with E-state index in [2.05, 4.69) is 12.2 Å². The van der Waals surface area contributed by atoms with E-state index in [1.807, 2.05) is 17.9 Å². The van der Waals surface area contributed by atoms with Crippen LogP contribution in [0.25, 0.3) is 0 Å². The summed E-state index contributed by atoms with van der Waals surface area (Å²) in [7, 11) is 0. The molecule has 6 heteroatoms. The second-order valence-electron chi connectivity index (χ2n) is 6.54. The summed E-state index contributed by atoms with van der Waals surface area (Å²) >= 11 is 7.59. The van der Waals surface area contributed by atoms with Crippen LogP contribution in [0.2, 0.25) is 5.02 Å². The quantitative estimate of drug-likeness (QED) is 0.784. The fourth-order valence-corrected chi connectivity index (χ4v) is 4.42. The molecule has 1 aromatic carbocycles. The number of amides is 2. The van der Waals surface area contributed by atoms with Crippen molar-refractivity contribution in [2.75, 3.05) is 18.4 Å². The number of rotatable bonds is 4. The molecule has 1 N–H and O–H groups in total. The van der Waals surface area contributed by atoms with Gasteiger partial charge in [-0.25, -0.2) is 0 Å². The van der Waals surface area contributed by atoms with E-state index in [1.165, 1.54) is 16.9 Å². The van der Waals surface area contributed by atoms with Crippen molar-refractivity contribution in [3.05, 3.63) is 50.2 Å². The molecule has 26 heavy (non-hydrogen) atoms. The predicted octanol–water partition coefficient (Wildman–Crippen LogP) is 5.15. The summed E-state index contributed by atoms with van der Waals surface area (Å²) in [5.41, 5.74) is 2.15. The molecule has 1 aliphatic rings. The van der Waals surface area contributed by atoms with E-state index < -0.39 is 0 Å². The number of likely N-dealkylation sites (tertiary alicyclic amines) is 1. The Morgan fingerprint density at radius 1 is 1.19 bits per heavy atom. The summed E-state index contributed by atoms with van der Waals surface area (Å²) in [5, 5.41) is 3.38. The zero-order valence-corrected chi connectivity index (χ0v) is 16.7. The zero-order valence-electron chi connectivity index (χ0n) is 15.1. The monoisotopic (exact) mass is 390 g/mol. The molecule has 0 aliphatic carbocycles. The average molecular weight is 391 g/mol. The summed E-state index contributed by atoms with van der Waals surface area (Å²) in [6.07, 6.45) is 4.10. The lowest BCUT2D eigenvalue weighted by Gasteiger charge is -2.27. The lowest BCUT2D eigenvalue weighted by atomic mass is 10.1. The second kappa shape index (κ2) is 8.23. The van der Waals surface area contributed by atoms with Gasteiger partial charge in [0, 0.05) is 23.0 Å². The number of anilines is 1. The third-order valence-corrected chi connectivity index (χ3v) is 6.06. The van der Waals surface area contributed by atoms with Crippen LogP contribution in [0.3, 0.4) is 0 Å². The van der Waals surface area contributed by atoms with Crippen LogP contribution in [0.15, 0.2) is 24.3 Å². The van der Waals surface area contributed by atoms with Gasteiger partial charge in [0.05, 0.1) is 16.1 Å². The molecule has 2 aromatic rings. The van der Waals surface area contributed by atoms with Gasteiger partial charge in [0.25, 0.3) is 11.8 Å². The number of nitrogens with zero attached hydrogens (tertiary/aromatic N) is 1. The van der Waals surface area contributed by atoms with E-state index >= 15 is 0 Å². The van der Waals surface area contributed by atoms with Crippen LogP contribution in [0.4, 0.5) is 5.69 Å².